The van der Waals surface area contributed by atoms with E-state index in [1.54, 1.807) is 11.8 Å². The summed E-state index contributed by atoms with van der Waals surface area (Å²) < 4.78 is 0. The Kier molecular flexibility index (Phi) is 9.44. The van der Waals surface area contributed by atoms with Crippen molar-refractivity contribution in [2.75, 3.05) is 18.1 Å². The summed E-state index contributed by atoms with van der Waals surface area (Å²) in [6, 6.07) is -0.406. The van der Waals surface area contributed by atoms with Crippen LogP contribution in [-0.4, -0.2) is 35.2 Å². The summed E-state index contributed by atoms with van der Waals surface area (Å²) in [6.45, 7) is 2.76. The van der Waals surface area contributed by atoms with Gasteiger partial charge in [-0.1, -0.05) is 25.7 Å². The van der Waals surface area contributed by atoms with Gasteiger partial charge in [0.25, 0.3) is 0 Å². The SMILES string of the molecule is C#CCSCCNC(CCCC)C(=O)O. The Morgan fingerprint density at radius 1 is 1.67 bits per heavy atom. The summed E-state index contributed by atoms with van der Waals surface area (Å²) in [5.41, 5.74) is 0. The first-order valence-electron chi connectivity index (χ1n) is 5.19. The summed E-state index contributed by atoms with van der Waals surface area (Å²) in [6.07, 6.45) is 7.77. The summed E-state index contributed by atoms with van der Waals surface area (Å²) >= 11 is 1.64. The molecule has 0 fully saturated rings. The van der Waals surface area contributed by atoms with Crippen LogP contribution in [0.3, 0.4) is 0 Å². The number of aliphatic carboxylic acids is 1. The van der Waals surface area contributed by atoms with Crippen LogP contribution in [-0.2, 0) is 4.79 Å². The molecule has 0 heterocycles. The Labute approximate surface area is 96.0 Å². The normalized spacial score (nSPS) is 12.0. The fourth-order valence-corrected chi connectivity index (χ4v) is 1.68. The highest BCUT2D eigenvalue weighted by atomic mass is 32.2. The molecule has 0 aromatic heterocycles. The zero-order chi connectivity index (χ0) is 11.5. The van der Waals surface area contributed by atoms with E-state index in [0.29, 0.717) is 18.7 Å². The van der Waals surface area contributed by atoms with E-state index in [1.165, 1.54) is 0 Å². The molecule has 0 amide bonds. The Hall–Kier alpha value is -0.660. The van der Waals surface area contributed by atoms with Gasteiger partial charge in [0.15, 0.2) is 0 Å². The molecule has 0 rings (SSSR count). The lowest BCUT2D eigenvalue weighted by Gasteiger charge is -2.13. The molecule has 86 valence electrons. The lowest BCUT2D eigenvalue weighted by atomic mass is 10.1. The van der Waals surface area contributed by atoms with E-state index in [-0.39, 0.29) is 0 Å². The van der Waals surface area contributed by atoms with Crippen molar-refractivity contribution in [3.05, 3.63) is 0 Å². The van der Waals surface area contributed by atoms with Crippen LogP contribution in [0.1, 0.15) is 26.2 Å². The van der Waals surface area contributed by atoms with E-state index < -0.39 is 12.0 Å². The van der Waals surface area contributed by atoms with Crippen molar-refractivity contribution >= 4 is 17.7 Å². The van der Waals surface area contributed by atoms with Crippen LogP contribution in [0, 0.1) is 12.3 Å². The van der Waals surface area contributed by atoms with Gasteiger partial charge < -0.3 is 10.4 Å². The second-order valence-electron chi connectivity index (χ2n) is 3.24. The number of carbonyl (C=O) groups is 1. The van der Waals surface area contributed by atoms with E-state index in [1.807, 2.05) is 0 Å². The number of unbranched alkanes of at least 4 members (excludes halogenated alkanes) is 1. The van der Waals surface area contributed by atoms with E-state index in [9.17, 15) is 4.79 Å². The van der Waals surface area contributed by atoms with Gasteiger partial charge in [0.05, 0.1) is 5.75 Å². The van der Waals surface area contributed by atoms with Gasteiger partial charge in [-0.25, -0.2) is 0 Å². The predicted octanol–water partition coefficient (Wildman–Crippen LogP) is 1.59. The second-order valence-corrected chi connectivity index (χ2v) is 4.35. The third-order valence-corrected chi connectivity index (χ3v) is 2.83. The van der Waals surface area contributed by atoms with Crippen LogP contribution in [0.4, 0.5) is 0 Å². The quantitative estimate of drug-likeness (QED) is 0.465. The molecular weight excluding hydrogens is 210 g/mol. The van der Waals surface area contributed by atoms with Gasteiger partial charge in [-0.15, -0.1) is 18.2 Å². The Bertz CT molecular complexity index is 213. The van der Waals surface area contributed by atoms with Crippen molar-refractivity contribution in [2.24, 2.45) is 0 Å². The molecule has 1 atom stereocenters. The van der Waals surface area contributed by atoms with Gasteiger partial charge >= 0.3 is 5.97 Å². The minimum atomic E-state index is -0.759. The molecule has 0 saturated carbocycles. The number of terminal acetylenes is 1. The lowest BCUT2D eigenvalue weighted by molar-refractivity contribution is -0.139. The highest BCUT2D eigenvalue weighted by Crippen LogP contribution is 2.02. The summed E-state index contributed by atoms with van der Waals surface area (Å²) in [5.74, 6) is 3.32. The molecule has 2 N–H and O–H groups in total. The molecule has 0 aliphatic heterocycles. The minimum Gasteiger partial charge on any atom is -0.480 e. The fraction of sp³-hybridized carbons (Fsp3) is 0.727. The van der Waals surface area contributed by atoms with Crippen LogP contribution < -0.4 is 5.32 Å². The van der Waals surface area contributed by atoms with Crippen molar-refractivity contribution in [3.63, 3.8) is 0 Å². The largest absolute Gasteiger partial charge is 0.480 e. The Morgan fingerprint density at radius 3 is 2.93 bits per heavy atom. The highest BCUT2D eigenvalue weighted by molar-refractivity contribution is 7.99. The number of rotatable bonds is 9. The standard InChI is InChI=1S/C11H19NO2S/c1-3-5-6-10(11(13)14)12-7-9-15-8-4-2/h2,10,12H,3,5-9H2,1H3,(H,13,14). The Morgan fingerprint density at radius 2 is 2.40 bits per heavy atom. The Balaban J connectivity index is 3.58. The average molecular weight is 229 g/mol. The zero-order valence-corrected chi connectivity index (χ0v) is 9.98. The summed E-state index contributed by atoms with van der Waals surface area (Å²) in [4.78, 5) is 10.8. The van der Waals surface area contributed by atoms with Crippen molar-refractivity contribution < 1.29 is 9.90 Å². The first-order chi connectivity index (χ1) is 7.22. The predicted molar refractivity (Wildman–Crippen MR) is 65.1 cm³/mol. The first-order valence-corrected chi connectivity index (χ1v) is 6.35. The van der Waals surface area contributed by atoms with Gasteiger partial charge in [0.1, 0.15) is 6.04 Å². The zero-order valence-electron chi connectivity index (χ0n) is 9.16. The van der Waals surface area contributed by atoms with Crippen molar-refractivity contribution in [1.29, 1.82) is 0 Å². The number of thioether (sulfide) groups is 1. The van der Waals surface area contributed by atoms with Crippen molar-refractivity contribution in [2.45, 2.75) is 32.2 Å². The first kappa shape index (κ1) is 14.3. The topological polar surface area (TPSA) is 49.3 Å². The number of nitrogens with one attached hydrogen (secondary N) is 1. The smallest absolute Gasteiger partial charge is 0.320 e. The van der Waals surface area contributed by atoms with Crippen LogP contribution in [0.25, 0.3) is 0 Å². The molecule has 0 bridgehead atoms. The molecule has 0 radical (unpaired) electrons. The fourth-order valence-electron chi connectivity index (χ4n) is 1.16. The van der Waals surface area contributed by atoms with E-state index in [4.69, 9.17) is 11.5 Å². The monoisotopic (exact) mass is 229 g/mol. The molecule has 4 heteroatoms. The lowest BCUT2D eigenvalue weighted by Crippen LogP contribution is -2.37. The molecule has 3 nitrogen and oxygen atoms in total. The highest BCUT2D eigenvalue weighted by Gasteiger charge is 2.14. The molecule has 0 aliphatic rings. The van der Waals surface area contributed by atoms with Crippen LogP contribution >= 0.6 is 11.8 Å². The van der Waals surface area contributed by atoms with Crippen molar-refractivity contribution in [3.8, 4) is 12.3 Å². The van der Waals surface area contributed by atoms with Crippen LogP contribution in [0.2, 0.25) is 0 Å². The minimum absolute atomic E-state index is 0.406. The summed E-state index contributed by atoms with van der Waals surface area (Å²) in [7, 11) is 0. The molecule has 1 unspecified atom stereocenters. The number of carboxylic acids is 1. The molecular formula is C11H19NO2S. The van der Waals surface area contributed by atoms with E-state index in [2.05, 4.69) is 18.2 Å². The van der Waals surface area contributed by atoms with Crippen LogP contribution in [0.15, 0.2) is 0 Å². The number of carboxylic acid groups (broad SMARTS) is 1. The van der Waals surface area contributed by atoms with Crippen LogP contribution in [0.5, 0.6) is 0 Å². The van der Waals surface area contributed by atoms with Gasteiger partial charge in [0, 0.05) is 12.3 Å². The molecule has 0 spiro atoms. The number of hydrogen-bond donors (Lipinski definition) is 2. The third-order valence-electron chi connectivity index (χ3n) is 1.97. The average Bonchev–Trinajstić information content (AvgIpc) is 2.21. The van der Waals surface area contributed by atoms with E-state index >= 15 is 0 Å². The molecule has 0 aliphatic carbocycles. The molecule has 0 aromatic carbocycles. The van der Waals surface area contributed by atoms with Gasteiger partial charge in [-0.2, -0.15) is 0 Å². The maximum Gasteiger partial charge on any atom is 0.320 e. The number of hydrogen-bond acceptors (Lipinski definition) is 3. The maximum absolute atomic E-state index is 10.8. The third kappa shape index (κ3) is 8.34. The second kappa shape index (κ2) is 9.88. The summed E-state index contributed by atoms with van der Waals surface area (Å²) in [5, 5.41) is 11.9. The van der Waals surface area contributed by atoms with Gasteiger partial charge in [-0.3, -0.25) is 4.79 Å². The van der Waals surface area contributed by atoms with Gasteiger partial charge in [0.2, 0.25) is 0 Å². The maximum atomic E-state index is 10.8. The van der Waals surface area contributed by atoms with Crippen molar-refractivity contribution in [1.82, 2.24) is 5.32 Å². The van der Waals surface area contributed by atoms with Gasteiger partial charge in [-0.05, 0) is 6.42 Å². The van der Waals surface area contributed by atoms with E-state index in [0.717, 1.165) is 18.6 Å². The molecule has 0 aromatic rings. The molecule has 15 heavy (non-hydrogen) atoms. The molecule has 0 saturated heterocycles.